The first-order chi connectivity index (χ1) is 10.7. The van der Waals surface area contributed by atoms with Crippen LogP contribution in [0, 0.1) is 0 Å². The summed E-state index contributed by atoms with van der Waals surface area (Å²) >= 11 is 1.31. The minimum Gasteiger partial charge on any atom is -0.397 e. The topological polar surface area (TPSA) is 68.0 Å². The molecule has 0 fully saturated rings. The number of carbonyl (C=O) groups excluding carboxylic acids is 1. The van der Waals surface area contributed by atoms with E-state index in [1.165, 1.54) is 11.3 Å². The van der Waals surface area contributed by atoms with Crippen LogP contribution in [0.25, 0.3) is 21.5 Å². The number of nitrogens with one attached hydrogen (secondary N) is 1. The number of anilines is 1. The normalized spacial score (nSPS) is 10.5. The lowest BCUT2D eigenvalue weighted by Gasteiger charge is -2.00. The van der Waals surface area contributed by atoms with Crippen LogP contribution in [0.5, 0.6) is 0 Å². The fraction of sp³-hybridized carbons (Fsp3) is 0.0588. The van der Waals surface area contributed by atoms with Crippen LogP contribution in [0.15, 0.2) is 55.1 Å². The van der Waals surface area contributed by atoms with Gasteiger partial charge in [0.25, 0.3) is 5.91 Å². The molecule has 1 amide bonds. The first-order valence-corrected chi connectivity index (χ1v) is 7.66. The lowest BCUT2D eigenvalue weighted by molar-refractivity contribution is 0.0963. The highest BCUT2D eigenvalue weighted by Crippen LogP contribution is 2.34. The molecule has 0 saturated carbocycles. The van der Waals surface area contributed by atoms with Crippen molar-refractivity contribution in [2.24, 2.45) is 0 Å². The number of pyridine rings is 1. The zero-order valence-corrected chi connectivity index (χ0v) is 12.7. The van der Waals surface area contributed by atoms with E-state index >= 15 is 0 Å². The molecule has 3 rings (SSSR count). The molecule has 2 heterocycles. The summed E-state index contributed by atoms with van der Waals surface area (Å²) in [4.78, 5) is 18.0. The molecule has 2 aromatic heterocycles. The molecule has 0 aliphatic carbocycles. The van der Waals surface area contributed by atoms with Crippen molar-refractivity contribution >= 4 is 33.1 Å². The van der Waals surface area contributed by atoms with Crippen LogP contribution in [0.3, 0.4) is 0 Å². The summed E-state index contributed by atoms with van der Waals surface area (Å²) in [6.07, 6.45) is 1.63. The number of nitrogens with zero attached hydrogens (tertiary/aromatic N) is 1. The molecular formula is C17H15N3OS. The van der Waals surface area contributed by atoms with Crippen molar-refractivity contribution in [3.63, 3.8) is 0 Å². The Kier molecular flexibility index (Phi) is 3.89. The standard InChI is InChI=1S/C17H15N3OS/c1-2-10-19-16(21)15-14(18)12-8-9-13(20-17(12)22-15)11-6-4-3-5-7-11/h2-9H,1,10,18H2,(H,19,21). The lowest BCUT2D eigenvalue weighted by Crippen LogP contribution is -2.22. The Morgan fingerprint density at radius 3 is 2.77 bits per heavy atom. The number of nitrogens with two attached hydrogens (primary N) is 1. The van der Waals surface area contributed by atoms with Gasteiger partial charge in [-0.2, -0.15) is 0 Å². The van der Waals surface area contributed by atoms with Gasteiger partial charge in [0.1, 0.15) is 9.71 Å². The van der Waals surface area contributed by atoms with Gasteiger partial charge in [0.2, 0.25) is 0 Å². The van der Waals surface area contributed by atoms with Gasteiger partial charge in [-0.15, -0.1) is 17.9 Å². The van der Waals surface area contributed by atoms with Crippen LogP contribution < -0.4 is 11.1 Å². The Bertz CT molecular complexity index is 840. The third-order valence-electron chi connectivity index (χ3n) is 3.28. The number of hydrogen-bond acceptors (Lipinski definition) is 4. The molecular weight excluding hydrogens is 294 g/mol. The van der Waals surface area contributed by atoms with E-state index in [0.717, 1.165) is 21.5 Å². The second-order valence-corrected chi connectivity index (χ2v) is 5.76. The van der Waals surface area contributed by atoms with E-state index in [9.17, 15) is 4.79 Å². The quantitative estimate of drug-likeness (QED) is 0.725. The van der Waals surface area contributed by atoms with E-state index in [1.807, 2.05) is 42.5 Å². The monoisotopic (exact) mass is 309 g/mol. The number of thiophene rings is 1. The van der Waals surface area contributed by atoms with Gasteiger partial charge in [-0.05, 0) is 12.1 Å². The van der Waals surface area contributed by atoms with Gasteiger partial charge in [0, 0.05) is 17.5 Å². The third-order valence-corrected chi connectivity index (χ3v) is 4.39. The van der Waals surface area contributed by atoms with E-state index in [1.54, 1.807) is 6.08 Å². The summed E-state index contributed by atoms with van der Waals surface area (Å²) in [6, 6.07) is 13.8. The van der Waals surface area contributed by atoms with Crippen molar-refractivity contribution in [2.45, 2.75) is 0 Å². The van der Waals surface area contributed by atoms with Crippen LogP contribution in [0.4, 0.5) is 5.69 Å². The van der Waals surface area contributed by atoms with Gasteiger partial charge >= 0.3 is 0 Å². The maximum Gasteiger partial charge on any atom is 0.263 e. The van der Waals surface area contributed by atoms with Gasteiger partial charge in [0.15, 0.2) is 0 Å². The summed E-state index contributed by atoms with van der Waals surface area (Å²) in [5.41, 5.74) is 8.47. The highest BCUT2D eigenvalue weighted by Gasteiger charge is 2.17. The van der Waals surface area contributed by atoms with Crippen LogP contribution in [0.1, 0.15) is 9.67 Å². The number of aromatic nitrogens is 1. The van der Waals surface area contributed by atoms with E-state index in [4.69, 9.17) is 5.73 Å². The predicted molar refractivity (Wildman–Crippen MR) is 92.0 cm³/mol. The first-order valence-electron chi connectivity index (χ1n) is 6.84. The molecule has 5 heteroatoms. The summed E-state index contributed by atoms with van der Waals surface area (Å²) in [5, 5.41) is 3.56. The van der Waals surface area contributed by atoms with Crippen molar-refractivity contribution in [1.82, 2.24) is 10.3 Å². The minimum absolute atomic E-state index is 0.193. The van der Waals surface area contributed by atoms with Gasteiger partial charge in [-0.1, -0.05) is 36.4 Å². The second-order valence-electron chi connectivity index (χ2n) is 4.76. The first kappa shape index (κ1) is 14.3. The Morgan fingerprint density at radius 1 is 1.27 bits per heavy atom. The Labute approximate surface area is 132 Å². The zero-order chi connectivity index (χ0) is 15.5. The number of nitrogen functional groups attached to an aromatic ring is 1. The largest absolute Gasteiger partial charge is 0.397 e. The summed E-state index contributed by atoms with van der Waals surface area (Å²) in [5.74, 6) is -0.193. The molecule has 3 aromatic rings. The average molecular weight is 309 g/mol. The maximum atomic E-state index is 12.1. The van der Waals surface area contributed by atoms with Gasteiger partial charge in [-0.25, -0.2) is 4.98 Å². The van der Waals surface area contributed by atoms with Crippen molar-refractivity contribution in [1.29, 1.82) is 0 Å². The Balaban J connectivity index is 2.03. The Morgan fingerprint density at radius 2 is 2.05 bits per heavy atom. The fourth-order valence-corrected chi connectivity index (χ4v) is 3.19. The summed E-state index contributed by atoms with van der Waals surface area (Å²) in [6.45, 7) is 3.99. The second kappa shape index (κ2) is 5.99. The molecule has 1 aromatic carbocycles. The molecule has 4 nitrogen and oxygen atoms in total. The lowest BCUT2D eigenvalue weighted by atomic mass is 10.1. The van der Waals surface area contributed by atoms with Gasteiger partial charge in [-0.3, -0.25) is 4.79 Å². The number of amides is 1. The average Bonchev–Trinajstić information content (AvgIpc) is 2.90. The molecule has 0 unspecified atom stereocenters. The molecule has 0 saturated heterocycles. The van der Waals surface area contributed by atoms with Crippen LogP contribution in [0.2, 0.25) is 0 Å². The summed E-state index contributed by atoms with van der Waals surface area (Å²) in [7, 11) is 0. The molecule has 0 aliphatic rings. The van der Waals surface area contributed by atoms with Crippen LogP contribution >= 0.6 is 11.3 Å². The summed E-state index contributed by atoms with van der Waals surface area (Å²) < 4.78 is 0. The number of hydrogen-bond donors (Lipinski definition) is 2. The van der Waals surface area contributed by atoms with E-state index < -0.39 is 0 Å². The minimum atomic E-state index is -0.193. The van der Waals surface area contributed by atoms with E-state index in [2.05, 4.69) is 16.9 Å². The van der Waals surface area contributed by atoms with Crippen molar-refractivity contribution in [3.8, 4) is 11.3 Å². The highest BCUT2D eigenvalue weighted by molar-refractivity contribution is 7.21. The van der Waals surface area contributed by atoms with Gasteiger partial charge in [0.05, 0.1) is 11.4 Å². The third kappa shape index (κ3) is 2.58. The van der Waals surface area contributed by atoms with Crippen molar-refractivity contribution in [2.75, 3.05) is 12.3 Å². The molecule has 22 heavy (non-hydrogen) atoms. The smallest absolute Gasteiger partial charge is 0.263 e. The molecule has 0 radical (unpaired) electrons. The van der Waals surface area contributed by atoms with Crippen LogP contribution in [-0.4, -0.2) is 17.4 Å². The van der Waals surface area contributed by atoms with E-state index in [-0.39, 0.29) is 5.91 Å². The fourth-order valence-electron chi connectivity index (χ4n) is 2.18. The molecule has 3 N–H and O–H groups in total. The molecule has 0 atom stereocenters. The van der Waals surface area contributed by atoms with Crippen molar-refractivity contribution in [3.05, 3.63) is 60.0 Å². The maximum absolute atomic E-state index is 12.1. The molecule has 0 aliphatic heterocycles. The Hall–Kier alpha value is -2.66. The highest BCUT2D eigenvalue weighted by atomic mass is 32.1. The predicted octanol–water partition coefficient (Wildman–Crippen LogP) is 3.46. The van der Waals surface area contributed by atoms with E-state index in [0.29, 0.717) is 17.1 Å². The van der Waals surface area contributed by atoms with Crippen molar-refractivity contribution < 1.29 is 4.79 Å². The van der Waals surface area contributed by atoms with Crippen LogP contribution in [-0.2, 0) is 0 Å². The zero-order valence-electron chi connectivity index (χ0n) is 11.9. The molecule has 0 spiro atoms. The number of fused-ring (bicyclic) bond motifs is 1. The SMILES string of the molecule is C=CCNC(=O)c1sc2nc(-c3ccccc3)ccc2c1N. The number of carbonyl (C=O) groups is 1. The molecule has 0 bridgehead atoms. The molecule has 110 valence electrons. The number of benzene rings is 1. The number of rotatable bonds is 4. The van der Waals surface area contributed by atoms with Gasteiger partial charge < -0.3 is 11.1 Å².